The molecule has 2 unspecified atom stereocenters. The average Bonchev–Trinajstić information content (AvgIpc) is 2.45. The predicted octanol–water partition coefficient (Wildman–Crippen LogP) is 3.40. The molecule has 0 aromatic carbocycles. The first kappa shape index (κ1) is 20.1. The van der Waals surface area contributed by atoms with Crippen LogP contribution in [0.3, 0.4) is 0 Å². The van der Waals surface area contributed by atoms with Crippen molar-refractivity contribution in [3.05, 3.63) is 0 Å². The van der Waals surface area contributed by atoms with Gasteiger partial charge >= 0.3 is 0 Å². The number of aliphatic hydroxyl groups is 2. The van der Waals surface area contributed by atoms with Crippen LogP contribution in [0.5, 0.6) is 0 Å². The van der Waals surface area contributed by atoms with Gasteiger partial charge < -0.3 is 10.2 Å². The van der Waals surface area contributed by atoms with Crippen LogP contribution in [0.15, 0.2) is 0 Å². The first-order valence-electron chi connectivity index (χ1n) is 8.32. The van der Waals surface area contributed by atoms with Gasteiger partial charge in [-0.15, -0.1) is 0 Å². The largest absolute Gasteiger partial charge is 0.396 e. The number of aliphatic hydroxyl groups excluding tert-OH is 2. The highest BCUT2D eigenvalue weighted by Gasteiger charge is 2.24. The van der Waals surface area contributed by atoms with Gasteiger partial charge in [0.1, 0.15) is 0 Å². The molecule has 2 atom stereocenters. The zero-order valence-corrected chi connectivity index (χ0v) is 14.2. The maximum atomic E-state index is 12.7. The van der Waals surface area contributed by atoms with Crippen LogP contribution in [0.25, 0.3) is 0 Å². The summed E-state index contributed by atoms with van der Waals surface area (Å²) < 4.78 is 12.7. The molecule has 4 heteroatoms. The minimum Gasteiger partial charge on any atom is -0.396 e. The van der Waals surface area contributed by atoms with Crippen molar-refractivity contribution in [2.75, 3.05) is 13.2 Å². The quantitative estimate of drug-likeness (QED) is 0.484. The highest BCUT2D eigenvalue weighted by molar-refractivity contribution is 7.86. The van der Waals surface area contributed by atoms with Gasteiger partial charge in [-0.1, -0.05) is 52.4 Å². The van der Waals surface area contributed by atoms with Gasteiger partial charge in [-0.25, -0.2) is 0 Å². The Morgan fingerprint density at radius 2 is 1.15 bits per heavy atom. The Morgan fingerprint density at radius 3 is 1.45 bits per heavy atom. The van der Waals surface area contributed by atoms with Gasteiger partial charge in [0.25, 0.3) is 0 Å². The summed E-state index contributed by atoms with van der Waals surface area (Å²) in [5.74, 6) is 0. The molecule has 0 aliphatic heterocycles. The van der Waals surface area contributed by atoms with Crippen molar-refractivity contribution in [2.24, 2.45) is 0 Å². The van der Waals surface area contributed by atoms with E-state index >= 15 is 0 Å². The normalized spacial score (nSPS) is 16.0. The molecule has 0 amide bonds. The van der Waals surface area contributed by atoms with E-state index in [4.69, 9.17) is 0 Å². The molecule has 0 aromatic rings. The Balaban J connectivity index is 4.42. The van der Waals surface area contributed by atoms with Crippen molar-refractivity contribution in [1.82, 2.24) is 0 Å². The lowest BCUT2D eigenvalue weighted by atomic mass is 10.1. The minimum atomic E-state index is -0.922. The summed E-state index contributed by atoms with van der Waals surface area (Å²) in [6.07, 6.45) is 9.98. The van der Waals surface area contributed by atoms with Gasteiger partial charge in [-0.2, -0.15) is 0 Å². The third-order valence-electron chi connectivity index (χ3n) is 3.82. The molecule has 0 bridgehead atoms. The Bertz CT molecular complexity index is 212. The minimum absolute atomic E-state index is 0.102. The standard InChI is InChI=1S/C16H34O3S/c1-3-5-7-9-15(11-13-17)20(19)16(12-14-18)10-8-6-4-2/h15-18H,3-14H2,1-2H3. The van der Waals surface area contributed by atoms with Crippen LogP contribution in [0.2, 0.25) is 0 Å². The lowest BCUT2D eigenvalue weighted by Gasteiger charge is -2.22. The Kier molecular flexibility index (Phi) is 14.1. The molecule has 0 fully saturated rings. The van der Waals surface area contributed by atoms with Crippen LogP contribution < -0.4 is 0 Å². The van der Waals surface area contributed by atoms with Gasteiger partial charge in [0.15, 0.2) is 0 Å². The van der Waals surface area contributed by atoms with E-state index in [2.05, 4.69) is 13.8 Å². The fraction of sp³-hybridized carbons (Fsp3) is 1.00. The molecule has 0 heterocycles. The van der Waals surface area contributed by atoms with E-state index in [-0.39, 0.29) is 23.7 Å². The molecule has 0 radical (unpaired) electrons. The highest BCUT2D eigenvalue weighted by atomic mass is 32.2. The van der Waals surface area contributed by atoms with Gasteiger partial charge in [-0.05, 0) is 25.7 Å². The molecular weight excluding hydrogens is 272 g/mol. The van der Waals surface area contributed by atoms with Gasteiger partial charge in [0.05, 0.1) is 0 Å². The average molecular weight is 307 g/mol. The molecule has 0 saturated carbocycles. The predicted molar refractivity (Wildman–Crippen MR) is 87.4 cm³/mol. The van der Waals surface area contributed by atoms with Gasteiger partial charge in [0.2, 0.25) is 0 Å². The zero-order valence-electron chi connectivity index (χ0n) is 13.4. The molecule has 0 aliphatic rings. The van der Waals surface area contributed by atoms with Gasteiger partial charge in [-0.3, -0.25) is 4.21 Å². The first-order chi connectivity index (χ1) is 9.71. The number of rotatable bonds is 14. The fourth-order valence-corrected chi connectivity index (χ4v) is 4.58. The second kappa shape index (κ2) is 14.0. The summed E-state index contributed by atoms with van der Waals surface area (Å²) in [5, 5.41) is 18.6. The van der Waals surface area contributed by atoms with Crippen molar-refractivity contribution in [3.63, 3.8) is 0 Å². The Morgan fingerprint density at radius 1 is 0.750 bits per heavy atom. The van der Waals surface area contributed by atoms with Crippen LogP contribution >= 0.6 is 0 Å². The summed E-state index contributed by atoms with van der Waals surface area (Å²) in [4.78, 5) is 0. The van der Waals surface area contributed by atoms with Crippen LogP contribution in [0.4, 0.5) is 0 Å². The summed E-state index contributed by atoms with van der Waals surface area (Å²) in [7, 11) is -0.922. The lowest BCUT2D eigenvalue weighted by molar-refractivity contribution is 0.279. The second-order valence-electron chi connectivity index (χ2n) is 5.59. The van der Waals surface area contributed by atoms with E-state index in [0.29, 0.717) is 12.8 Å². The van der Waals surface area contributed by atoms with E-state index in [1.165, 1.54) is 12.8 Å². The molecule has 0 saturated heterocycles. The van der Waals surface area contributed by atoms with E-state index in [0.717, 1.165) is 38.5 Å². The number of hydrogen-bond acceptors (Lipinski definition) is 3. The van der Waals surface area contributed by atoms with Crippen LogP contribution in [0.1, 0.15) is 78.1 Å². The Hall–Kier alpha value is 0.0700. The van der Waals surface area contributed by atoms with Crippen molar-refractivity contribution < 1.29 is 14.4 Å². The first-order valence-corrected chi connectivity index (χ1v) is 9.59. The van der Waals surface area contributed by atoms with Crippen LogP contribution in [-0.4, -0.2) is 38.1 Å². The monoisotopic (exact) mass is 306 g/mol. The second-order valence-corrected chi connectivity index (χ2v) is 7.58. The third-order valence-corrected chi connectivity index (χ3v) is 6.08. The molecule has 20 heavy (non-hydrogen) atoms. The molecule has 0 aliphatic carbocycles. The SMILES string of the molecule is CCCCCC(CCO)S(=O)C(CCO)CCCCC. The van der Waals surface area contributed by atoms with E-state index in [9.17, 15) is 14.4 Å². The number of unbranched alkanes of at least 4 members (excludes halogenated alkanes) is 4. The summed E-state index contributed by atoms with van der Waals surface area (Å²) in [6, 6.07) is 0. The maximum Gasteiger partial charge on any atom is 0.0442 e. The van der Waals surface area contributed by atoms with E-state index in [1.807, 2.05) is 0 Å². The summed E-state index contributed by atoms with van der Waals surface area (Å²) >= 11 is 0. The lowest BCUT2D eigenvalue weighted by Crippen LogP contribution is -2.28. The molecular formula is C16H34O3S. The van der Waals surface area contributed by atoms with E-state index < -0.39 is 10.8 Å². The van der Waals surface area contributed by atoms with Crippen LogP contribution in [-0.2, 0) is 10.8 Å². The Labute approximate surface area is 127 Å². The van der Waals surface area contributed by atoms with Crippen LogP contribution in [0, 0.1) is 0 Å². The molecule has 2 N–H and O–H groups in total. The van der Waals surface area contributed by atoms with Crippen molar-refractivity contribution >= 4 is 10.8 Å². The molecule has 0 spiro atoms. The fourth-order valence-electron chi connectivity index (χ4n) is 2.56. The number of hydrogen-bond donors (Lipinski definition) is 2. The summed E-state index contributed by atoms with van der Waals surface area (Å²) in [5.41, 5.74) is 0. The smallest absolute Gasteiger partial charge is 0.0442 e. The molecule has 3 nitrogen and oxygen atoms in total. The maximum absolute atomic E-state index is 12.7. The molecule has 0 rings (SSSR count). The summed E-state index contributed by atoms with van der Waals surface area (Å²) in [6.45, 7) is 4.56. The molecule has 122 valence electrons. The van der Waals surface area contributed by atoms with E-state index in [1.54, 1.807) is 0 Å². The molecule has 0 aromatic heterocycles. The van der Waals surface area contributed by atoms with Gasteiger partial charge in [0, 0.05) is 34.5 Å². The third kappa shape index (κ3) is 9.09. The zero-order chi connectivity index (χ0) is 15.2. The highest BCUT2D eigenvalue weighted by Crippen LogP contribution is 2.21. The van der Waals surface area contributed by atoms with Crippen molar-refractivity contribution in [1.29, 1.82) is 0 Å². The van der Waals surface area contributed by atoms with Crippen molar-refractivity contribution in [2.45, 2.75) is 88.6 Å². The topological polar surface area (TPSA) is 57.5 Å². The van der Waals surface area contributed by atoms with Crippen molar-refractivity contribution in [3.8, 4) is 0 Å².